The number of carbonyl (C=O) groups is 2. The summed E-state index contributed by atoms with van der Waals surface area (Å²) in [6.07, 6.45) is 0. The summed E-state index contributed by atoms with van der Waals surface area (Å²) in [6, 6.07) is 5.53. The number of methoxy groups -OCH3 is 1. The fraction of sp³-hybridized carbons (Fsp3) is 0.385. The summed E-state index contributed by atoms with van der Waals surface area (Å²) in [5.74, 6) is -0.364. The van der Waals surface area contributed by atoms with Crippen LogP contribution in [0.3, 0.4) is 0 Å². The summed E-state index contributed by atoms with van der Waals surface area (Å²) >= 11 is 0. The molecule has 0 bridgehead atoms. The molecule has 6 N–H and O–H groups in total. The van der Waals surface area contributed by atoms with Gasteiger partial charge in [-0.05, 0) is 11.6 Å². The van der Waals surface area contributed by atoms with Crippen molar-refractivity contribution in [1.29, 1.82) is 0 Å². The fourth-order valence-corrected chi connectivity index (χ4v) is 1.92. The molecule has 0 aliphatic heterocycles. The first-order valence-corrected chi connectivity index (χ1v) is 6.11. The number of amides is 2. The maximum atomic E-state index is 11.0. The number of hydrogen-bond acceptors (Lipinski definition) is 5. The van der Waals surface area contributed by atoms with Gasteiger partial charge in [-0.3, -0.25) is 14.5 Å². The molecule has 7 nitrogen and oxygen atoms in total. The van der Waals surface area contributed by atoms with E-state index in [0.29, 0.717) is 18.8 Å². The smallest absolute Gasteiger partial charge is 0.231 e. The second-order valence-electron chi connectivity index (χ2n) is 4.43. The molecular weight excluding hydrogens is 260 g/mol. The Balaban J connectivity index is 2.86. The van der Waals surface area contributed by atoms with Gasteiger partial charge in [0.05, 0.1) is 20.2 Å². The number of ether oxygens (including phenoxy) is 1. The Morgan fingerprint density at radius 3 is 2.25 bits per heavy atom. The van der Waals surface area contributed by atoms with Crippen molar-refractivity contribution in [2.24, 2.45) is 17.2 Å². The van der Waals surface area contributed by atoms with E-state index in [4.69, 9.17) is 21.9 Å². The lowest BCUT2D eigenvalue weighted by atomic mass is 10.1. The zero-order chi connectivity index (χ0) is 15.1. The van der Waals surface area contributed by atoms with Gasteiger partial charge in [0, 0.05) is 18.7 Å². The SMILES string of the molecule is COc1cc(CN(CC(N)=O)CC(N)=O)ccc1CN. The van der Waals surface area contributed by atoms with Crippen molar-refractivity contribution in [3.63, 3.8) is 0 Å². The molecule has 0 aliphatic rings. The summed E-state index contributed by atoms with van der Waals surface area (Å²) < 4.78 is 5.24. The van der Waals surface area contributed by atoms with Crippen LogP contribution in [-0.4, -0.2) is 36.9 Å². The highest BCUT2D eigenvalue weighted by Crippen LogP contribution is 2.20. The van der Waals surface area contributed by atoms with Crippen molar-refractivity contribution in [2.75, 3.05) is 20.2 Å². The molecule has 2 amide bonds. The van der Waals surface area contributed by atoms with Crippen molar-refractivity contribution in [2.45, 2.75) is 13.1 Å². The lowest BCUT2D eigenvalue weighted by molar-refractivity contribution is -0.122. The van der Waals surface area contributed by atoms with Crippen LogP contribution in [0.4, 0.5) is 0 Å². The monoisotopic (exact) mass is 280 g/mol. The van der Waals surface area contributed by atoms with E-state index in [1.807, 2.05) is 18.2 Å². The zero-order valence-electron chi connectivity index (χ0n) is 11.5. The number of rotatable bonds is 8. The van der Waals surface area contributed by atoms with E-state index in [2.05, 4.69) is 0 Å². The molecule has 20 heavy (non-hydrogen) atoms. The van der Waals surface area contributed by atoms with Gasteiger partial charge < -0.3 is 21.9 Å². The molecule has 0 saturated carbocycles. The summed E-state index contributed by atoms with van der Waals surface area (Å²) in [5.41, 5.74) is 17.7. The third-order valence-electron chi connectivity index (χ3n) is 2.74. The minimum absolute atomic E-state index is 0.0378. The third-order valence-corrected chi connectivity index (χ3v) is 2.74. The molecule has 0 heterocycles. The van der Waals surface area contributed by atoms with E-state index in [9.17, 15) is 9.59 Å². The average Bonchev–Trinajstić information content (AvgIpc) is 2.36. The Morgan fingerprint density at radius 2 is 1.80 bits per heavy atom. The highest BCUT2D eigenvalue weighted by atomic mass is 16.5. The first-order valence-electron chi connectivity index (χ1n) is 6.11. The van der Waals surface area contributed by atoms with Crippen LogP contribution in [0.2, 0.25) is 0 Å². The molecule has 110 valence electrons. The van der Waals surface area contributed by atoms with Crippen LogP contribution in [0.15, 0.2) is 18.2 Å². The largest absolute Gasteiger partial charge is 0.496 e. The van der Waals surface area contributed by atoms with Gasteiger partial charge >= 0.3 is 0 Å². The number of carbonyl (C=O) groups excluding carboxylic acids is 2. The molecule has 0 fully saturated rings. The van der Waals surface area contributed by atoms with Gasteiger partial charge in [-0.2, -0.15) is 0 Å². The van der Waals surface area contributed by atoms with E-state index in [1.54, 1.807) is 12.0 Å². The Labute approximate surface area is 117 Å². The number of nitrogens with zero attached hydrogens (tertiary/aromatic N) is 1. The minimum atomic E-state index is -0.517. The lowest BCUT2D eigenvalue weighted by Gasteiger charge is -2.19. The first-order chi connectivity index (χ1) is 9.46. The van der Waals surface area contributed by atoms with Crippen LogP contribution in [0.5, 0.6) is 5.75 Å². The number of benzene rings is 1. The van der Waals surface area contributed by atoms with Crippen molar-refractivity contribution < 1.29 is 14.3 Å². The van der Waals surface area contributed by atoms with Crippen molar-refractivity contribution in [3.8, 4) is 5.75 Å². The highest BCUT2D eigenvalue weighted by molar-refractivity contribution is 5.79. The molecule has 0 aliphatic carbocycles. The average molecular weight is 280 g/mol. The Morgan fingerprint density at radius 1 is 1.20 bits per heavy atom. The number of primary amides is 2. The van der Waals surface area contributed by atoms with Gasteiger partial charge in [-0.15, -0.1) is 0 Å². The van der Waals surface area contributed by atoms with Gasteiger partial charge in [-0.1, -0.05) is 12.1 Å². The summed E-state index contributed by atoms with van der Waals surface area (Å²) in [5, 5.41) is 0. The van der Waals surface area contributed by atoms with Crippen molar-refractivity contribution >= 4 is 11.8 Å². The summed E-state index contributed by atoms with van der Waals surface area (Å²) in [7, 11) is 1.56. The zero-order valence-corrected chi connectivity index (χ0v) is 11.5. The summed E-state index contributed by atoms with van der Waals surface area (Å²) in [4.78, 5) is 23.6. The normalized spacial score (nSPS) is 10.6. The molecule has 1 aromatic rings. The molecular formula is C13H20N4O3. The number of nitrogens with two attached hydrogens (primary N) is 3. The summed E-state index contributed by atoms with van der Waals surface area (Å²) in [6.45, 7) is 0.663. The van der Waals surface area contributed by atoms with E-state index >= 15 is 0 Å². The molecule has 7 heteroatoms. The quantitative estimate of drug-likeness (QED) is 0.559. The van der Waals surface area contributed by atoms with E-state index < -0.39 is 11.8 Å². The van der Waals surface area contributed by atoms with Gasteiger partial charge in [-0.25, -0.2) is 0 Å². The topological polar surface area (TPSA) is 125 Å². The standard InChI is InChI=1S/C13H20N4O3/c1-20-11-4-9(2-3-10(11)5-14)6-17(7-12(15)18)8-13(16)19/h2-4H,5-8,14H2,1H3,(H2,15,18)(H2,16,19). The number of hydrogen-bond donors (Lipinski definition) is 3. The predicted molar refractivity (Wildman–Crippen MR) is 74.6 cm³/mol. The van der Waals surface area contributed by atoms with E-state index in [-0.39, 0.29) is 13.1 Å². The molecule has 0 unspecified atom stereocenters. The molecule has 0 saturated heterocycles. The second-order valence-corrected chi connectivity index (χ2v) is 4.43. The molecule has 0 atom stereocenters. The third kappa shape index (κ3) is 4.87. The Hall–Kier alpha value is -2.12. The van der Waals surface area contributed by atoms with E-state index in [0.717, 1.165) is 11.1 Å². The van der Waals surface area contributed by atoms with Crippen LogP contribution < -0.4 is 21.9 Å². The van der Waals surface area contributed by atoms with Gasteiger partial charge in [0.2, 0.25) is 11.8 Å². The fourth-order valence-electron chi connectivity index (χ4n) is 1.92. The van der Waals surface area contributed by atoms with Crippen LogP contribution in [-0.2, 0) is 22.7 Å². The van der Waals surface area contributed by atoms with Gasteiger partial charge in [0.15, 0.2) is 0 Å². The van der Waals surface area contributed by atoms with Crippen molar-refractivity contribution in [3.05, 3.63) is 29.3 Å². The maximum absolute atomic E-state index is 11.0. The Bertz CT molecular complexity index is 475. The lowest BCUT2D eigenvalue weighted by Crippen LogP contribution is -2.39. The molecule has 1 aromatic carbocycles. The van der Waals surface area contributed by atoms with Gasteiger partial charge in [0.25, 0.3) is 0 Å². The second kappa shape index (κ2) is 7.46. The molecule has 0 radical (unpaired) electrons. The van der Waals surface area contributed by atoms with Crippen LogP contribution in [0.1, 0.15) is 11.1 Å². The molecule has 0 aromatic heterocycles. The van der Waals surface area contributed by atoms with Gasteiger partial charge in [0.1, 0.15) is 5.75 Å². The predicted octanol–water partition coefficient (Wildman–Crippen LogP) is -1.07. The first kappa shape index (κ1) is 15.9. The Kier molecular flexibility index (Phi) is 5.95. The van der Waals surface area contributed by atoms with E-state index in [1.165, 1.54) is 0 Å². The van der Waals surface area contributed by atoms with Crippen LogP contribution in [0.25, 0.3) is 0 Å². The van der Waals surface area contributed by atoms with Crippen LogP contribution in [0, 0.1) is 0 Å². The highest BCUT2D eigenvalue weighted by Gasteiger charge is 2.13. The van der Waals surface area contributed by atoms with Crippen molar-refractivity contribution in [1.82, 2.24) is 4.90 Å². The molecule has 0 spiro atoms. The van der Waals surface area contributed by atoms with Crippen LogP contribution >= 0.6 is 0 Å². The molecule has 1 rings (SSSR count). The minimum Gasteiger partial charge on any atom is -0.496 e. The maximum Gasteiger partial charge on any atom is 0.231 e.